The minimum Gasteiger partial charge on any atom is -0.443 e. The third kappa shape index (κ3) is 2.94. The molecule has 0 aliphatic carbocycles. The van der Waals surface area contributed by atoms with E-state index in [2.05, 4.69) is 38.5 Å². The van der Waals surface area contributed by atoms with Crippen LogP contribution in [-0.4, -0.2) is 22.5 Å². The van der Waals surface area contributed by atoms with Crippen LogP contribution in [0, 0.1) is 3.57 Å². The molecule has 1 heterocycles. The average Bonchev–Trinajstić information content (AvgIpc) is 2.61. The Bertz CT molecular complexity index is 566. The van der Waals surface area contributed by atoms with E-state index in [-0.39, 0.29) is 12.5 Å². The van der Waals surface area contributed by atoms with Crippen molar-refractivity contribution in [1.82, 2.24) is 4.90 Å². The fraction of sp³-hybridized carbons (Fsp3) is 0.385. The molecule has 0 aromatic heterocycles. The SMILES string of the molecule is CC(C)(C)OC(=O)N1Cc2c(I)ccc(Br)c2C1=O. The molecule has 0 fully saturated rings. The number of ether oxygens (including phenoxy) is 1. The highest BCUT2D eigenvalue weighted by molar-refractivity contribution is 14.1. The molecule has 19 heavy (non-hydrogen) atoms. The fourth-order valence-corrected chi connectivity index (χ4v) is 2.97. The molecule has 1 aromatic rings. The second-order valence-electron chi connectivity index (χ2n) is 5.25. The van der Waals surface area contributed by atoms with Gasteiger partial charge in [-0.2, -0.15) is 0 Å². The van der Waals surface area contributed by atoms with Gasteiger partial charge in [0.1, 0.15) is 5.60 Å². The second-order valence-corrected chi connectivity index (χ2v) is 7.27. The van der Waals surface area contributed by atoms with Crippen molar-refractivity contribution in [3.05, 3.63) is 31.3 Å². The van der Waals surface area contributed by atoms with Crippen molar-refractivity contribution in [3.8, 4) is 0 Å². The van der Waals surface area contributed by atoms with Crippen molar-refractivity contribution in [2.45, 2.75) is 32.9 Å². The first-order chi connectivity index (χ1) is 8.70. The molecule has 2 amide bonds. The van der Waals surface area contributed by atoms with Crippen molar-refractivity contribution >= 4 is 50.5 Å². The van der Waals surface area contributed by atoms with Crippen LogP contribution < -0.4 is 0 Å². The molecular weight excluding hydrogens is 425 g/mol. The maximum Gasteiger partial charge on any atom is 0.417 e. The summed E-state index contributed by atoms with van der Waals surface area (Å²) in [6.45, 7) is 5.59. The van der Waals surface area contributed by atoms with Gasteiger partial charge in [-0.1, -0.05) is 0 Å². The maximum absolute atomic E-state index is 12.3. The number of imide groups is 1. The van der Waals surface area contributed by atoms with Gasteiger partial charge in [0.05, 0.1) is 12.1 Å². The van der Waals surface area contributed by atoms with Crippen LogP contribution in [-0.2, 0) is 11.3 Å². The summed E-state index contributed by atoms with van der Waals surface area (Å²) < 4.78 is 6.93. The number of hydrogen-bond donors (Lipinski definition) is 0. The van der Waals surface area contributed by atoms with Gasteiger partial charge in [0.25, 0.3) is 5.91 Å². The summed E-state index contributed by atoms with van der Waals surface area (Å²) >= 11 is 5.52. The summed E-state index contributed by atoms with van der Waals surface area (Å²) in [5.41, 5.74) is 0.805. The van der Waals surface area contributed by atoms with E-state index in [9.17, 15) is 9.59 Å². The molecule has 1 aliphatic rings. The Morgan fingerprint density at radius 2 is 2.05 bits per heavy atom. The lowest BCUT2D eigenvalue weighted by molar-refractivity contribution is 0.0248. The fourth-order valence-electron chi connectivity index (χ4n) is 1.81. The van der Waals surface area contributed by atoms with Crippen LogP contribution in [0.25, 0.3) is 0 Å². The number of carbonyl (C=O) groups is 2. The van der Waals surface area contributed by atoms with Gasteiger partial charge in [0.15, 0.2) is 0 Å². The van der Waals surface area contributed by atoms with Crippen LogP contribution in [0.5, 0.6) is 0 Å². The molecule has 4 nitrogen and oxygen atoms in total. The van der Waals surface area contributed by atoms with Crippen molar-refractivity contribution in [2.75, 3.05) is 0 Å². The van der Waals surface area contributed by atoms with E-state index in [1.807, 2.05) is 12.1 Å². The number of hydrogen-bond acceptors (Lipinski definition) is 3. The molecule has 102 valence electrons. The monoisotopic (exact) mass is 437 g/mol. The van der Waals surface area contributed by atoms with Gasteiger partial charge in [-0.05, 0) is 77.0 Å². The third-order valence-corrected chi connectivity index (χ3v) is 4.27. The molecule has 6 heteroatoms. The second kappa shape index (κ2) is 5.05. The Morgan fingerprint density at radius 3 is 2.58 bits per heavy atom. The van der Waals surface area contributed by atoms with Crippen LogP contribution in [0.3, 0.4) is 0 Å². The van der Waals surface area contributed by atoms with Gasteiger partial charge < -0.3 is 4.74 Å². The average molecular weight is 438 g/mol. The van der Waals surface area contributed by atoms with Crippen LogP contribution in [0.4, 0.5) is 4.79 Å². The number of fused-ring (bicyclic) bond motifs is 1. The molecule has 0 saturated carbocycles. The number of amides is 2. The Kier molecular flexibility index (Phi) is 3.92. The molecule has 0 spiro atoms. The number of nitrogens with zero attached hydrogens (tertiary/aromatic N) is 1. The van der Waals surface area contributed by atoms with E-state index in [0.29, 0.717) is 10.0 Å². The predicted molar refractivity (Wildman–Crippen MR) is 83.0 cm³/mol. The Hall–Kier alpha value is -0.630. The zero-order valence-corrected chi connectivity index (χ0v) is 14.5. The molecule has 0 atom stereocenters. The molecular formula is C13H13BrINO3. The summed E-state index contributed by atoms with van der Waals surface area (Å²) in [6, 6.07) is 3.73. The lowest BCUT2D eigenvalue weighted by Gasteiger charge is -2.23. The van der Waals surface area contributed by atoms with Crippen LogP contribution in [0.15, 0.2) is 16.6 Å². The van der Waals surface area contributed by atoms with Crippen LogP contribution in [0.2, 0.25) is 0 Å². The Morgan fingerprint density at radius 1 is 1.42 bits per heavy atom. The van der Waals surface area contributed by atoms with Crippen molar-refractivity contribution in [2.24, 2.45) is 0 Å². The zero-order chi connectivity index (χ0) is 14.4. The Balaban J connectivity index is 2.32. The van der Waals surface area contributed by atoms with Gasteiger partial charge in [0, 0.05) is 8.04 Å². The minimum atomic E-state index is -0.615. The standard InChI is InChI=1S/C13H13BrINO3/c1-13(2,3)19-12(18)16-6-7-9(15)5-4-8(14)10(7)11(16)17/h4-5H,6H2,1-3H3. The Labute approximate surface area is 133 Å². The molecule has 0 unspecified atom stereocenters. The quantitative estimate of drug-likeness (QED) is 0.577. The summed E-state index contributed by atoms with van der Waals surface area (Å²) in [6.07, 6.45) is -0.601. The van der Waals surface area contributed by atoms with Crippen LogP contribution in [0.1, 0.15) is 36.7 Å². The van der Waals surface area contributed by atoms with E-state index in [4.69, 9.17) is 4.74 Å². The minimum absolute atomic E-state index is 0.265. The summed E-state index contributed by atoms with van der Waals surface area (Å²) in [7, 11) is 0. The van der Waals surface area contributed by atoms with E-state index in [0.717, 1.165) is 14.0 Å². The van der Waals surface area contributed by atoms with Crippen molar-refractivity contribution < 1.29 is 14.3 Å². The zero-order valence-electron chi connectivity index (χ0n) is 10.8. The van der Waals surface area contributed by atoms with Crippen LogP contribution >= 0.6 is 38.5 Å². The molecule has 2 rings (SSSR count). The molecule has 1 aromatic carbocycles. The van der Waals surface area contributed by atoms with E-state index >= 15 is 0 Å². The number of halogens is 2. The largest absolute Gasteiger partial charge is 0.443 e. The highest BCUT2D eigenvalue weighted by Crippen LogP contribution is 2.33. The third-order valence-electron chi connectivity index (χ3n) is 2.59. The number of carbonyl (C=O) groups excluding carboxylic acids is 2. The lowest BCUT2D eigenvalue weighted by Crippen LogP contribution is -2.36. The first-order valence-electron chi connectivity index (χ1n) is 5.72. The van der Waals surface area contributed by atoms with Gasteiger partial charge in [-0.15, -0.1) is 0 Å². The highest BCUT2D eigenvalue weighted by Gasteiger charge is 2.37. The van der Waals surface area contributed by atoms with E-state index in [1.165, 1.54) is 0 Å². The van der Waals surface area contributed by atoms with E-state index in [1.54, 1.807) is 20.8 Å². The number of rotatable bonds is 0. The van der Waals surface area contributed by atoms with Gasteiger partial charge in [-0.25, -0.2) is 9.69 Å². The smallest absolute Gasteiger partial charge is 0.417 e. The van der Waals surface area contributed by atoms with Gasteiger partial charge >= 0.3 is 6.09 Å². The molecule has 0 saturated heterocycles. The first-order valence-corrected chi connectivity index (χ1v) is 7.59. The molecule has 0 N–H and O–H groups in total. The molecule has 0 radical (unpaired) electrons. The van der Waals surface area contributed by atoms with Gasteiger partial charge in [-0.3, -0.25) is 4.79 Å². The van der Waals surface area contributed by atoms with Gasteiger partial charge in [0.2, 0.25) is 0 Å². The van der Waals surface area contributed by atoms with Crippen molar-refractivity contribution in [1.29, 1.82) is 0 Å². The van der Waals surface area contributed by atoms with E-state index < -0.39 is 11.7 Å². The normalized spacial score (nSPS) is 14.6. The lowest BCUT2D eigenvalue weighted by atomic mass is 10.1. The first kappa shape index (κ1) is 14.8. The van der Waals surface area contributed by atoms with Crippen molar-refractivity contribution in [3.63, 3.8) is 0 Å². The number of benzene rings is 1. The molecule has 0 bridgehead atoms. The maximum atomic E-state index is 12.3. The summed E-state index contributed by atoms with van der Waals surface area (Å²) in [4.78, 5) is 25.5. The molecule has 1 aliphatic heterocycles. The predicted octanol–water partition coefficient (Wildman–Crippen LogP) is 3.94. The topological polar surface area (TPSA) is 46.6 Å². The highest BCUT2D eigenvalue weighted by atomic mass is 127. The summed E-state index contributed by atoms with van der Waals surface area (Å²) in [5.74, 6) is -0.311. The summed E-state index contributed by atoms with van der Waals surface area (Å²) in [5, 5.41) is 0.